The molecule has 3 nitrogen and oxygen atoms in total. The van der Waals surface area contributed by atoms with Crippen LogP contribution in [0.4, 0.5) is 0 Å². The molecule has 0 spiro atoms. The molecule has 1 heterocycles. The average molecular weight is 109 g/mol. The third-order valence-corrected chi connectivity index (χ3v) is 0.848. The lowest BCUT2D eigenvalue weighted by atomic mass is 10.2. The SMILES string of the molecule is N#CC1C=COC1=O. The van der Waals surface area contributed by atoms with Crippen LogP contribution in [0.3, 0.4) is 0 Å². The quantitative estimate of drug-likeness (QED) is 0.417. The molecule has 0 radical (unpaired) electrons. The molecule has 1 aliphatic heterocycles. The van der Waals surface area contributed by atoms with Gasteiger partial charge in [-0.05, 0) is 6.08 Å². The van der Waals surface area contributed by atoms with Crippen molar-refractivity contribution in [2.24, 2.45) is 5.92 Å². The molecule has 1 unspecified atom stereocenters. The van der Waals surface area contributed by atoms with E-state index < -0.39 is 11.9 Å². The van der Waals surface area contributed by atoms with Gasteiger partial charge in [0.25, 0.3) is 0 Å². The molecule has 40 valence electrons. The minimum Gasteiger partial charge on any atom is -0.434 e. The van der Waals surface area contributed by atoms with Crippen LogP contribution in [0.5, 0.6) is 0 Å². The summed E-state index contributed by atoms with van der Waals surface area (Å²) in [6, 6.07) is 1.75. The Bertz CT molecular complexity index is 177. The van der Waals surface area contributed by atoms with Crippen molar-refractivity contribution in [3.63, 3.8) is 0 Å². The normalized spacial score (nSPS) is 24.9. The van der Waals surface area contributed by atoms with Crippen molar-refractivity contribution in [2.75, 3.05) is 0 Å². The highest BCUT2D eigenvalue weighted by Crippen LogP contribution is 2.07. The third-order valence-electron chi connectivity index (χ3n) is 0.848. The van der Waals surface area contributed by atoms with Crippen LogP contribution in [0.25, 0.3) is 0 Å². The molecule has 0 N–H and O–H groups in total. The molecule has 0 saturated carbocycles. The van der Waals surface area contributed by atoms with Gasteiger partial charge in [-0.3, -0.25) is 0 Å². The number of esters is 1. The molecule has 0 aromatic carbocycles. The Morgan fingerprint density at radius 1 is 1.88 bits per heavy atom. The van der Waals surface area contributed by atoms with Crippen LogP contribution in [0.15, 0.2) is 12.3 Å². The van der Waals surface area contributed by atoms with Gasteiger partial charge in [-0.25, -0.2) is 4.79 Å². The molecule has 3 heteroatoms. The first kappa shape index (κ1) is 4.85. The molecular weight excluding hydrogens is 106 g/mol. The van der Waals surface area contributed by atoms with E-state index in [1.54, 1.807) is 6.07 Å². The van der Waals surface area contributed by atoms with Crippen molar-refractivity contribution < 1.29 is 9.53 Å². The third kappa shape index (κ3) is 0.562. The van der Waals surface area contributed by atoms with Gasteiger partial charge in [-0.1, -0.05) is 0 Å². The monoisotopic (exact) mass is 109 g/mol. The lowest BCUT2D eigenvalue weighted by Crippen LogP contribution is -2.04. The lowest BCUT2D eigenvalue weighted by molar-refractivity contribution is -0.137. The van der Waals surface area contributed by atoms with E-state index in [2.05, 4.69) is 4.74 Å². The summed E-state index contributed by atoms with van der Waals surface area (Å²) in [7, 11) is 0. The predicted octanol–water partition coefficient (Wildman–Crippen LogP) is 0.197. The second-order valence-electron chi connectivity index (χ2n) is 1.37. The van der Waals surface area contributed by atoms with Crippen LogP contribution in [0.2, 0.25) is 0 Å². The summed E-state index contributed by atoms with van der Waals surface area (Å²) in [6.07, 6.45) is 2.65. The van der Waals surface area contributed by atoms with Gasteiger partial charge < -0.3 is 4.74 Å². The second-order valence-corrected chi connectivity index (χ2v) is 1.37. The molecule has 0 saturated heterocycles. The van der Waals surface area contributed by atoms with E-state index in [4.69, 9.17) is 5.26 Å². The van der Waals surface area contributed by atoms with Crippen LogP contribution >= 0.6 is 0 Å². The first-order chi connectivity index (χ1) is 3.84. The molecule has 8 heavy (non-hydrogen) atoms. The molecule has 0 aromatic heterocycles. The van der Waals surface area contributed by atoms with E-state index in [1.165, 1.54) is 12.3 Å². The number of rotatable bonds is 0. The number of cyclic esters (lactones) is 1. The van der Waals surface area contributed by atoms with Crippen molar-refractivity contribution in [1.29, 1.82) is 5.26 Å². The standard InChI is InChI=1S/C5H3NO2/c6-3-4-1-2-8-5(4)7/h1-2,4H. The Balaban J connectivity index is 2.71. The summed E-state index contributed by atoms with van der Waals surface area (Å²) >= 11 is 0. The molecule has 0 aromatic rings. The summed E-state index contributed by atoms with van der Waals surface area (Å²) in [5.74, 6) is -1.15. The van der Waals surface area contributed by atoms with Gasteiger partial charge in [0.15, 0.2) is 5.92 Å². The fraction of sp³-hybridized carbons (Fsp3) is 0.200. The predicted molar refractivity (Wildman–Crippen MR) is 24.3 cm³/mol. The second kappa shape index (κ2) is 1.66. The molecule has 0 bridgehead atoms. The number of ether oxygens (including phenoxy) is 1. The number of hydrogen-bond acceptors (Lipinski definition) is 3. The summed E-state index contributed by atoms with van der Waals surface area (Å²) in [6.45, 7) is 0. The highest BCUT2D eigenvalue weighted by molar-refractivity contribution is 5.79. The van der Waals surface area contributed by atoms with Crippen LogP contribution < -0.4 is 0 Å². The number of nitrogens with zero attached hydrogens (tertiary/aromatic N) is 1. The van der Waals surface area contributed by atoms with Crippen molar-refractivity contribution in [3.8, 4) is 6.07 Å². The Morgan fingerprint density at radius 3 is 2.88 bits per heavy atom. The molecule has 1 rings (SSSR count). The van der Waals surface area contributed by atoms with Crippen LogP contribution in [0, 0.1) is 17.2 Å². The topological polar surface area (TPSA) is 50.1 Å². The number of carbonyl (C=O) groups excluding carboxylic acids is 1. The molecule has 1 atom stereocenters. The fourth-order valence-corrected chi connectivity index (χ4v) is 0.433. The van der Waals surface area contributed by atoms with E-state index in [9.17, 15) is 4.79 Å². The van der Waals surface area contributed by atoms with Crippen molar-refractivity contribution >= 4 is 5.97 Å². The van der Waals surface area contributed by atoms with Gasteiger partial charge in [-0.15, -0.1) is 0 Å². The van der Waals surface area contributed by atoms with E-state index in [-0.39, 0.29) is 0 Å². The Hall–Kier alpha value is -1.30. The van der Waals surface area contributed by atoms with Crippen molar-refractivity contribution in [2.45, 2.75) is 0 Å². The maximum atomic E-state index is 10.3. The zero-order valence-corrected chi connectivity index (χ0v) is 4.00. The summed E-state index contributed by atoms with van der Waals surface area (Å²) in [4.78, 5) is 10.3. The number of nitriles is 1. The summed E-state index contributed by atoms with van der Waals surface area (Å²) in [5.41, 5.74) is 0. The van der Waals surface area contributed by atoms with Crippen LogP contribution in [0.1, 0.15) is 0 Å². The smallest absolute Gasteiger partial charge is 0.332 e. The maximum Gasteiger partial charge on any atom is 0.332 e. The first-order valence-electron chi connectivity index (χ1n) is 2.11. The van der Waals surface area contributed by atoms with Crippen LogP contribution in [-0.2, 0) is 9.53 Å². The summed E-state index contributed by atoms with van der Waals surface area (Å²) < 4.78 is 4.31. The highest BCUT2D eigenvalue weighted by atomic mass is 16.5. The maximum absolute atomic E-state index is 10.3. The average Bonchev–Trinajstić information content (AvgIpc) is 2.14. The highest BCUT2D eigenvalue weighted by Gasteiger charge is 2.19. The van der Waals surface area contributed by atoms with E-state index >= 15 is 0 Å². The molecular formula is C5H3NO2. The first-order valence-corrected chi connectivity index (χ1v) is 2.11. The Labute approximate surface area is 46.2 Å². The van der Waals surface area contributed by atoms with Gasteiger partial charge in [-0.2, -0.15) is 5.26 Å². The van der Waals surface area contributed by atoms with Gasteiger partial charge in [0.1, 0.15) is 0 Å². The van der Waals surface area contributed by atoms with Gasteiger partial charge in [0.2, 0.25) is 0 Å². The number of hydrogen-bond donors (Lipinski definition) is 0. The van der Waals surface area contributed by atoms with Crippen molar-refractivity contribution in [3.05, 3.63) is 12.3 Å². The largest absolute Gasteiger partial charge is 0.434 e. The number of carbonyl (C=O) groups is 1. The minimum atomic E-state index is -0.671. The molecule has 0 fully saturated rings. The summed E-state index contributed by atoms with van der Waals surface area (Å²) in [5, 5.41) is 8.13. The molecule has 1 aliphatic rings. The lowest BCUT2D eigenvalue weighted by Gasteiger charge is -1.86. The van der Waals surface area contributed by atoms with Gasteiger partial charge >= 0.3 is 5.97 Å². The zero-order valence-electron chi connectivity index (χ0n) is 4.00. The Kier molecular flexibility index (Phi) is 1.01. The van der Waals surface area contributed by atoms with Gasteiger partial charge in [0.05, 0.1) is 12.3 Å². The van der Waals surface area contributed by atoms with E-state index in [1.807, 2.05) is 0 Å². The fourth-order valence-electron chi connectivity index (χ4n) is 0.433. The molecule has 0 aliphatic carbocycles. The Morgan fingerprint density at radius 2 is 2.62 bits per heavy atom. The zero-order chi connectivity index (χ0) is 5.98. The molecule has 0 amide bonds. The van der Waals surface area contributed by atoms with Crippen LogP contribution in [-0.4, -0.2) is 5.97 Å². The minimum absolute atomic E-state index is 0.479. The van der Waals surface area contributed by atoms with Crippen molar-refractivity contribution in [1.82, 2.24) is 0 Å². The van der Waals surface area contributed by atoms with Gasteiger partial charge in [0, 0.05) is 0 Å². The van der Waals surface area contributed by atoms with E-state index in [0.29, 0.717) is 0 Å². The van der Waals surface area contributed by atoms with E-state index in [0.717, 1.165) is 0 Å².